The summed E-state index contributed by atoms with van der Waals surface area (Å²) in [5.74, 6) is 1.44. The lowest BCUT2D eigenvalue weighted by molar-refractivity contribution is -0.121. The van der Waals surface area contributed by atoms with Crippen molar-refractivity contribution in [2.24, 2.45) is 0 Å². The molecule has 0 saturated heterocycles. The lowest BCUT2D eigenvalue weighted by atomic mass is 10.2. The average molecular weight is 343 g/mol. The third-order valence-corrected chi connectivity index (χ3v) is 3.91. The smallest absolute Gasteiger partial charge is 0.319 e. The highest BCUT2D eigenvalue weighted by Crippen LogP contribution is 2.34. The van der Waals surface area contributed by atoms with Crippen LogP contribution in [0.4, 0.5) is 16.2 Å². The Hall–Kier alpha value is -3.03. The Morgan fingerprint density at radius 2 is 2.32 bits per heavy atom. The molecule has 3 amide bonds. The van der Waals surface area contributed by atoms with E-state index in [9.17, 15) is 9.59 Å². The number of nitrogens with zero attached hydrogens (tertiary/aromatic N) is 2. The fourth-order valence-electron chi connectivity index (χ4n) is 2.70. The number of likely N-dealkylation sites (N-methyl/N-ethyl adjacent to an activating group) is 1. The molecular formula is C17H21N5O3. The zero-order valence-corrected chi connectivity index (χ0v) is 14.0. The van der Waals surface area contributed by atoms with Gasteiger partial charge in [0.1, 0.15) is 11.6 Å². The fraction of sp³-hybridized carbons (Fsp3) is 0.353. The Morgan fingerprint density at radius 3 is 3.08 bits per heavy atom. The summed E-state index contributed by atoms with van der Waals surface area (Å²) in [6.45, 7) is 3.06. The molecule has 0 unspecified atom stereocenters. The minimum atomic E-state index is -0.279. The first-order valence-corrected chi connectivity index (χ1v) is 8.27. The summed E-state index contributed by atoms with van der Waals surface area (Å²) >= 11 is 0. The summed E-state index contributed by atoms with van der Waals surface area (Å²) in [5.41, 5.74) is 1.34. The number of H-pyrrole nitrogens is 1. The van der Waals surface area contributed by atoms with Crippen LogP contribution in [0.1, 0.15) is 19.2 Å². The maximum Gasteiger partial charge on any atom is 0.319 e. The molecule has 0 spiro atoms. The van der Waals surface area contributed by atoms with E-state index in [-0.39, 0.29) is 18.5 Å². The van der Waals surface area contributed by atoms with Crippen LogP contribution in [0.3, 0.4) is 0 Å². The number of hydrogen-bond donors (Lipinski definition) is 3. The number of carbonyl (C=O) groups is 2. The Bertz CT molecular complexity index is 745. The molecule has 8 heteroatoms. The second-order valence-corrected chi connectivity index (χ2v) is 5.63. The summed E-state index contributed by atoms with van der Waals surface area (Å²) < 4.78 is 5.46. The van der Waals surface area contributed by atoms with Crippen LogP contribution in [-0.4, -0.2) is 41.6 Å². The third kappa shape index (κ3) is 4.09. The molecule has 0 radical (unpaired) electrons. The minimum absolute atomic E-state index is 0.0171. The van der Waals surface area contributed by atoms with Gasteiger partial charge in [-0.15, -0.1) is 0 Å². The van der Waals surface area contributed by atoms with Gasteiger partial charge in [-0.2, -0.15) is 0 Å². The van der Waals surface area contributed by atoms with E-state index in [0.29, 0.717) is 24.5 Å². The van der Waals surface area contributed by atoms with E-state index in [0.717, 1.165) is 24.4 Å². The van der Waals surface area contributed by atoms with Crippen molar-refractivity contribution in [3.8, 4) is 5.75 Å². The Morgan fingerprint density at radius 1 is 1.44 bits per heavy atom. The van der Waals surface area contributed by atoms with Crippen LogP contribution in [0, 0.1) is 0 Å². The molecule has 1 aliphatic heterocycles. The number of aromatic amines is 1. The van der Waals surface area contributed by atoms with Crippen LogP contribution in [0.5, 0.6) is 5.75 Å². The van der Waals surface area contributed by atoms with Crippen LogP contribution in [0.15, 0.2) is 30.6 Å². The summed E-state index contributed by atoms with van der Waals surface area (Å²) in [6.07, 6.45) is 5.06. The average Bonchev–Trinajstić information content (AvgIpc) is 3.12. The molecule has 2 heterocycles. The highest BCUT2D eigenvalue weighted by Gasteiger charge is 2.24. The summed E-state index contributed by atoms with van der Waals surface area (Å²) in [5, 5.41) is 5.58. The van der Waals surface area contributed by atoms with Crippen LogP contribution in [0.25, 0.3) is 0 Å². The molecule has 0 bridgehead atoms. The predicted octanol–water partition coefficient (Wildman–Crippen LogP) is 1.91. The topological polar surface area (TPSA) is 99.3 Å². The van der Waals surface area contributed by atoms with Gasteiger partial charge >= 0.3 is 6.03 Å². The summed E-state index contributed by atoms with van der Waals surface area (Å²) in [4.78, 5) is 32.6. The number of aromatic nitrogens is 2. The Kier molecular flexibility index (Phi) is 5.17. The van der Waals surface area contributed by atoms with Crippen molar-refractivity contribution in [2.75, 3.05) is 29.9 Å². The number of benzene rings is 1. The number of urea groups is 1. The quantitative estimate of drug-likeness (QED) is 0.698. The van der Waals surface area contributed by atoms with Gasteiger partial charge in [-0.1, -0.05) is 0 Å². The molecule has 8 nitrogen and oxygen atoms in total. The first kappa shape index (κ1) is 16.8. The van der Waals surface area contributed by atoms with E-state index < -0.39 is 0 Å². The molecular weight excluding hydrogens is 322 g/mol. The monoisotopic (exact) mass is 343 g/mol. The van der Waals surface area contributed by atoms with Crippen molar-refractivity contribution in [3.63, 3.8) is 0 Å². The number of fused-ring (bicyclic) bond motifs is 1. The predicted molar refractivity (Wildman–Crippen MR) is 93.9 cm³/mol. The normalized spacial score (nSPS) is 13.2. The molecule has 0 atom stereocenters. The summed E-state index contributed by atoms with van der Waals surface area (Å²) in [7, 11) is 0. The number of anilines is 2. The maximum atomic E-state index is 12.0. The molecule has 0 aliphatic carbocycles. The molecule has 25 heavy (non-hydrogen) atoms. The van der Waals surface area contributed by atoms with Gasteiger partial charge in [-0.25, -0.2) is 9.78 Å². The maximum absolute atomic E-state index is 12.0. The second kappa shape index (κ2) is 7.69. The van der Waals surface area contributed by atoms with E-state index in [1.807, 2.05) is 6.92 Å². The van der Waals surface area contributed by atoms with E-state index in [4.69, 9.17) is 4.74 Å². The zero-order valence-electron chi connectivity index (χ0n) is 14.0. The van der Waals surface area contributed by atoms with E-state index in [1.54, 1.807) is 35.5 Å². The number of carbonyl (C=O) groups excluding carboxylic acids is 2. The largest absolute Gasteiger partial charge is 0.481 e. The number of amides is 3. The number of nitrogens with one attached hydrogen (secondary N) is 3. The molecule has 3 N–H and O–H groups in total. The van der Waals surface area contributed by atoms with Gasteiger partial charge < -0.3 is 25.3 Å². The molecule has 1 aromatic carbocycles. The second-order valence-electron chi connectivity index (χ2n) is 5.63. The molecule has 1 aliphatic rings. The Labute approximate surface area is 145 Å². The van der Waals surface area contributed by atoms with Crippen molar-refractivity contribution in [3.05, 3.63) is 36.4 Å². The number of ether oxygens (including phenoxy) is 1. The van der Waals surface area contributed by atoms with Gasteiger partial charge in [0, 0.05) is 43.7 Å². The summed E-state index contributed by atoms with van der Waals surface area (Å²) in [6, 6.07) is 4.99. The van der Waals surface area contributed by atoms with Gasteiger partial charge in [-0.3, -0.25) is 4.79 Å². The van der Waals surface area contributed by atoms with Crippen molar-refractivity contribution in [1.82, 2.24) is 15.3 Å². The minimum Gasteiger partial charge on any atom is -0.481 e. The zero-order chi connectivity index (χ0) is 17.6. The van der Waals surface area contributed by atoms with E-state index in [2.05, 4.69) is 20.6 Å². The van der Waals surface area contributed by atoms with Gasteiger partial charge in [0.2, 0.25) is 0 Å². The molecule has 0 saturated carbocycles. The van der Waals surface area contributed by atoms with Crippen LogP contribution in [0.2, 0.25) is 0 Å². The number of rotatable bonds is 6. The molecule has 2 aromatic rings. The standard InChI is InChI=1S/C17H21N5O3/c1-2-22-13-6-5-12(10-14(13)25-11-16(22)23)21-17(24)20-7-3-4-15-18-8-9-19-15/h5-6,8-10H,2-4,7,11H2,1H3,(H,18,19)(H2,20,21,24). The third-order valence-electron chi connectivity index (χ3n) is 3.91. The molecule has 0 fully saturated rings. The van der Waals surface area contributed by atoms with Crippen LogP contribution in [-0.2, 0) is 11.2 Å². The Balaban J connectivity index is 1.51. The van der Waals surface area contributed by atoms with E-state index in [1.165, 1.54) is 0 Å². The van der Waals surface area contributed by atoms with Gasteiger partial charge in [0.15, 0.2) is 6.61 Å². The van der Waals surface area contributed by atoms with Gasteiger partial charge in [0.25, 0.3) is 5.91 Å². The number of aryl methyl sites for hydroxylation is 1. The molecule has 1 aromatic heterocycles. The van der Waals surface area contributed by atoms with Gasteiger partial charge in [0.05, 0.1) is 5.69 Å². The highest BCUT2D eigenvalue weighted by molar-refractivity contribution is 5.98. The van der Waals surface area contributed by atoms with Crippen molar-refractivity contribution in [1.29, 1.82) is 0 Å². The van der Waals surface area contributed by atoms with Crippen molar-refractivity contribution < 1.29 is 14.3 Å². The van der Waals surface area contributed by atoms with Crippen LogP contribution >= 0.6 is 0 Å². The number of imidazole rings is 1. The SMILES string of the molecule is CCN1C(=O)COc2cc(NC(=O)NCCCc3ncc[nH]3)ccc21. The van der Waals surface area contributed by atoms with Crippen LogP contribution < -0.4 is 20.3 Å². The fourth-order valence-corrected chi connectivity index (χ4v) is 2.70. The highest BCUT2D eigenvalue weighted by atomic mass is 16.5. The lowest BCUT2D eigenvalue weighted by Crippen LogP contribution is -2.38. The molecule has 132 valence electrons. The lowest BCUT2D eigenvalue weighted by Gasteiger charge is -2.28. The first-order chi connectivity index (χ1) is 12.2. The van der Waals surface area contributed by atoms with Gasteiger partial charge in [-0.05, 0) is 25.5 Å². The van der Waals surface area contributed by atoms with E-state index >= 15 is 0 Å². The number of hydrogen-bond acceptors (Lipinski definition) is 4. The molecule has 3 rings (SSSR count). The van der Waals surface area contributed by atoms with Crippen molar-refractivity contribution >= 4 is 23.3 Å². The van der Waals surface area contributed by atoms with Crippen molar-refractivity contribution in [2.45, 2.75) is 19.8 Å². The first-order valence-electron chi connectivity index (χ1n) is 8.27.